The van der Waals surface area contributed by atoms with Crippen LogP contribution in [0.25, 0.3) is 0 Å². The van der Waals surface area contributed by atoms with Gasteiger partial charge in [0.15, 0.2) is 5.96 Å². The zero-order valence-corrected chi connectivity index (χ0v) is 18.7. The van der Waals surface area contributed by atoms with Crippen LogP contribution in [-0.4, -0.2) is 47.1 Å². The summed E-state index contributed by atoms with van der Waals surface area (Å²) >= 11 is 5.75. The Morgan fingerprint density at radius 3 is 2.59 bits per heavy atom. The molecular weight excluding hydrogens is 522 g/mol. The quantitative estimate of drug-likeness (QED) is 0.156. The van der Waals surface area contributed by atoms with Gasteiger partial charge < -0.3 is 16.0 Å². The standard InChI is InChI=1S/C17H21ClF3N7.HI/c1-2-22-15(23-7-5-12-3-4-14(18)27-11-12)25-9-10-26-16-24-8-6-13(28-16)17(19,20)21;/h3-4,6,8,11H,2,5,7,9-10H2,1H3,(H2,22,23,25)(H,24,26,28);1H. The third kappa shape index (κ3) is 9.43. The van der Waals surface area contributed by atoms with Crippen LogP contribution in [0.2, 0.25) is 5.15 Å². The first-order valence-corrected chi connectivity index (χ1v) is 9.03. The minimum Gasteiger partial charge on any atom is -0.357 e. The monoisotopic (exact) mass is 543 g/mol. The molecule has 0 saturated carbocycles. The molecule has 3 N–H and O–H groups in total. The molecule has 0 aliphatic heterocycles. The Labute approximate surface area is 189 Å². The maximum Gasteiger partial charge on any atom is 0.433 e. The fourth-order valence-corrected chi connectivity index (χ4v) is 2.26. The van der Waals surface area contributed by atoms with Gasteiger partial charge in [-0.3, -0.25) is 4.99 Å². The maximum absolute atomic E-state index is 12.6. The highest BCUT2D eigenvalue weighted by Gasteiger charge is 2.32. The van der Waals surface area contributed by atoms with Crippen molar-refractivity contribution in [3.05, 3.63) is 47.0 Å². The Bertz CT molecular complexity index is 772. The van der Waals surface area contributed by atoms with Crippen LogP contribution < -0.4 is 16.0 Å². The van der Waals surface area contributed by atoms with Crippen molar-refractivity contribution in [2.75, 3.05) is 31.5 Å². The zero-order valence-electron chi connectivity index (χ0n) is 15.6. The number of nitrogens with zero attached hydrogens (tertiary/aromatic N) is 4. The summed E-state index contributed by atoms with van der Waals surface area (Å²) in [5, 5.41) is 9.39. The van der Waals surface area contributed by atoms with Gasteiger partial charge in [-0.25, -0.2) is 15.0 Å². The number of guanidine groups is 1. The average Bonchev–Trinajstić information content (AvgIpc) is 2.66. The molecule has 0 saturated heterocycles. The molecule has 0 bridgehead atoms. The third-order valence-corrected chi connectivity index (χ3v) is 3.67. The highest BCUT2D eigenvalue weighted by Crippen LogP contribution is 2.27. The molecule has 7 nitrogen and oxygen atoms in total. The summed E-state index contributed by atoms with van der Waals surface area (Å²) in [7, 11) is 0. The Morgan fingerprint density at radius 2 is 1.93 bits per heavy atom. The van der Waals surface area contributed by atoms with Crippen LogP contribution in [0.3, 0.4) is 0 Å². The van der Waals surface area contributed by atoms with Gasteiger partial charge >= 0.3 is 6.18 Å². The minimum atomic E-state index is -4.50. The van der Waals surface area contributed by atoms with Crippen LogP contribution in [0, 0.1) is 0 Å². The molecule has 2 rings (SSSR count). The van der Waals surface area contributed by atoms with E-state index >= 15 is 0 Å². The molecule has 160 valence electrons. The Morgan fingerprint density at radius 1 is 1.14 bits per heavy atom. The first kappa shape index (κ1) is 25.1. The lowest BCUT2D eigenvalue weighted by Crippen LogP contribution is -2.39. The highest BCUT2D eigenvalue weighted by atomic mass is 127. The van der Waals surface area contributed by atoms with Gasteiger partial charge in [-0.15, -0.1) is 24.0 Å². The molecule has 0 aromatic carbocycles. The first-order chi connectivity index (χ1) is 13.4. The Hall–Kier alpha value is -1.89. The second kappa shape index (κ2) is 12.6. The Balaban J connectivity index is 0.00000420. The van der Waals surface area contributed by atoms with E-state index in [0.717, 1.165) is 17.8 Å². The normalized spacial score (nSPS) is 11.6. The summed E-state index contributed by atoms with van der Waals surface area (Å²) in [5.74, 6) is 0.532. The fraction of sp³-hybridized carbons (Fsp3) is 0.412. The summed E-state index contributed by atoms with van der Waals surface area (Å²) in [6.07, 6.45) is -1.01. The largest absolute Gasteiger partial charge is 0.433 e. The van der Waals surface area contributed by atoms with Gasteiger partial charge in [0.25, 0.3) is 0 Å². The number of alkyl halides is 3. The van der Waals surface area contributed by atoms with E-state index in [9.17, 15) is 13.2 Å². The summed E-state index contributed by atoms with van der Waals surface area (Å²) < 4.78 is 37.9. The van der Waals surface area contributed by atoms with Gasteiger partial charge in [0.2, 0.25) is 5.95 Å². The van der Waals surface area contributed by atoms with Crippen molar-refractivity contribution in [2.45, 2.75) is 19.5 Å². The average molecular weight is 544 g/mol. The van der Waals surface area contributed by atoms with Crippen LogP contribution in [-0.2, 0) is 12.6 Å². The van der Waals surface area contributed by atoms with Crippen molar-refractivity contribution in [2.24, 2.45) is 4.99 Å². The van der Waals surface area contributed by atoms with Gasteiger partial charge in [0.1, 0.15) is 10.8 Å². The molecule has 2 aromatic rings. The van der Waals surface area contributed by atoms with Crippen molar-refractivity contribution in [3.63, 3.8) is 0 Å². The number of rotatable bonds is 8. The summed E-state index contributed by atoms with van der Waals surface area (Å²) in [6, 6.07) is 4.45. The van der Waals surface area contributed by atoms with Gasteiger partial charge in [0.05, 0.1) is 0 Å². The molecule has 0 unspecified atom stereocenters. The summed E-state index contributed by atoms with van der Waals surface area (Å²) in [6.45, 7) is 3.91. The topological polar surface area (TPSA) is 87.1 Å². The molecule has 0 aliphatic rings. The van der Waals surface area contributed by atoms with E-state index in [1.54, 1.807) is 12.3 Å². The number of hydrogen-bond acceptors (Lipinski definition) is 5. The lowest BCUT2D eigenvalue weighted by Gasteiger charge is -2.12. The van der Waals surface area contributed by atoms with Crippen molar-refractivity contribution >= 4 is 47.5 Å². The van der Waals surface area contributed by atoms with Gasteiger partial charge in [0, 0.05) is 38.6 Å². The summed E-state index contributed by atoms with van der Waals surface area (Å²) in [4.78, 5) is 15.7. The van der Waals surface area contributed by atoms with Crippen molar-refractivity contribution < 1.29 is 13.2 Å². The lowest BCUT2D eigenvalue weighted by atomic mass is 10.2. The van der Waals surface area contributed by atoms with Gasteiger partial charge in [-0.05, 0) is 31.0 Å². The number of pyridine rings is 1. The minimum absolute atomic E-state index is 0. The number of nitrogens with one attached hydrogen (secondary N) is 3. The van der Waals surface area contributed by atoms with E-state index in [-0.39, 0.29) is 29.9 Å². The van der Waals surface area contributed by atoms with Crippen LogP contribution in [0.15, 0.2) is 35.6 Å². The number of aromatic nitrogens is 3. The number of aliphatic imine (C=N–C) groups is 1. The first-order valence-electron chi connectivity index (χ1n) is 8.65. The second-order valence-electron chi connectivity index (χ2n) is 5.62. The maximum atomic E-state index is 12.6. The van der Waals surface area contributed by atoms with Crippen LogP contribution in [0.1, 0.15) is 18.2 Å². The molecule has 2 heterocycles. The van der Waals surface area contributed by atoms with Crippen LogP contribution in [0.4, 0.5) is 19.1 Å². The second-order valence-corrected chi connectivity index (χ2v) is 6.00. The molecule has 0 aliphatic carbocycles. The van der Waals surface area contributed by atoms with E-state index in [1.807, 2.05) is 13.0 Å². The molecule has 0 atom stereocenters. The van der Waals surface area contributed by atoms with E-state index in [1.165, 1.54) is 0 Å². The number of halogens is 5. The molecule has 0 amide bonds. The highest BCUT2D eigenvalue weighted by molar-refractivity contribution is 14.0. The predicted molar refractivity (Wildman–Crippen MR) is 118 cm³/mol. The van der Waals surface area contributed by atoms with Crippen LogP contribution in [0.5, 0.6) is 0 Å². The van der Waals surface area contributed by atoms with E-state index in [2.05, 4.69) is 35.9 Å². The number of anilines is 1. The summed E-state index contributed by atoms with van der Waals surface area (Å²) in [5.41, 5.74) is 0.0388. The SMILES string of the molecule is CCNC(=NCCc1ccc(Cl)nc1)NCCNc1nccc(C(F)(F)F)n1.I. The lowest BCUT2D eigenvalue weighted by molar-refractivity contribution is -0.141. The molecule has 0 spiro atoms. The zero-order chi connectivity index (χ0) is 20.4. The molecule has 29 heavy (non-hydrogen) atoms. The molecule has 0 fully saturated rings. The van der Waals surface area contributed by atoms with Gasteiger partial charge in [-0.1, -0.05) is 17.7 Å². The Kier molecular flexibility index (Phi) is 10.9. The number of hydrogen-bond donors (Lipinski definition) is 3. The predicted octanol–water partition coefficient (Wildman–Crippen LogP) is 3.37. The van der Waals surface area contributed by atoms with E-state index < -0.39 is 11.9 Å². The van der Waals surface area contributed by atoms with E-state index in [4.69, 9.17) is 11.6 Å². The van der Waals surface area contributed by atoms with Crippen LogP contribution >= 0.6 is 35.6 Å². The van der Waals surface area contributed by atoms with Gasteiger partial charge in [-0.2, -0.15) is 13.2 Å². The van der Waals surface area contributed by atoms with Crippen molar-refractivity contribution in [1.82, 2.24) is 25.6 Å². The molecule has 0 radical (unpaired) electrons. The van der Waals surface area contributed by atoms with Crippen molar-refractivity contribution in [3.8, 4) is 0 Å². The third-order valence-electron chi connectivity index (χ3n) is 3.45. The fourth-order valence-electron chi connectivity index (χ4n) is 2.15. The molecular formula is C17H22ClF3IN7. The van der Waals surface area contributed by atoms with E-state index in [0.29, 0.717) is 43.7 Å². The smallest absolute Gasteiger partial charge is 0.357 e. The van der Waals surface area contributed by atoms with Crippen molar-refractivity contribution in [1.29, 1.82) is 0 Å². The molecule has 12 heteroatoms. The molecule has 2 aromatic heterocycles.